The monoisotopic (exact) mass is 282 g/mol. The minimum absolute atomic E-state index is 0.0794. The minimum Gasteiger partial charge on any atom is -0.449 e. The van der Waals surface area contributed by atoms with Gasteiger partial charge in [0.2, 0.25) is 0 Å². The van der Waals surface area contributed by atoms with Crippen LogP contribution in [0.3, 0.4) is 0 Å². The lowest BCUT2D eigenvalue weighted by Gasteiger charge is -2.22. The van der Waals surface area contributed by atoms with E-state index in [0.717, 1.165) is 12.1 Å². The summed E-state index contributed by atoms with van der Waals surface area (Å²) < 4.78 is 18.1. The van der Waals surface area contributed by atoms with E-state index in [1.807, 2.05) is 13.8 Å². The molecule has 0 aliphatic carbocycles. The number of hydrogen-bond acceptors (Lipinski definition) is 4. The summed E-state index contributed by atoms with van der Waals surface area (Å²) in [4.78, 5) is 25.4. The molecule has 0 saturated heterocycles. The molecule has 0 aromatic heterocycles. The Labute approximate surface area is 117 Å². The number of anilines is 1. The molecule has 2 N–H and O–H groups in total. The lowest BCUT2D eigenvalue weighted by Crippen LogP contribution is -2.39. The van der Waals surface area contributed by atoms with Gasteiger partial charge < -0.3 is 15.4 Å². The van der Waals surface area contributed by atoms with Crippen molar-refractivity contribution in [3.63, 3.8) is 0 Å². The molecule has 1 rings (SSSR count). The quantitative estimate of drug-likeness (QED) is 0.660. The summed E-state index contributed by atoms with van der Waals surface area (Å²) in [5.41, 5.74) is 5.62. The molecule has 0 heterocycles. The van der Waals surface area contributed by atoms with Crippen LogP contribution in [0, 0.1) is 5.82 Å². The number of halogens is 1. The normalized spacial score (nSPS) is 11.8. The lowest BCUT2D eigenvalue weighted by molar-refractivity contribution is -0.139. The van der Waals surface area contributed by atoms with E-state index in [4.69, 9.17) is 10.5 Å². The van der Waals surface area contributed by atoms with Crippen molar-refractivity contribution in [3.8, 4) is 0 Å². The highest BCUT2D eigenvalue weighted by Gasteiger charge is 2.23. The van der Waals surface area contributed by atoms with Gasteiger partial charge >= 0.3 is 5.97 Å². The summed E-state index contributed by atoms with van der Waals surface area (Å²) >= 11 is 0. The molecule has 0 spiro atoms. The molecule has 1 aromatic rings. The van der Waals surface area contributed by atoms with Crippen LogP contribution in [-0.4, -0.2) is 36.0 Å². The molecule has 5 nitrogen and oxygen atoms in total. The first-order chi connectivity index (χ1) is 9.40. The standard InChI is InChI=1S/C14H19FN2O3/c1-4-17(5-2)13(18)9(3)20-14(19)11-8-10(15)6-7-12(11)16/h6-9H,4-5,16H2,1-3H3. The highest BCUT2D eigenvalue weighted by atomic mass is 19.1. The number of nitrogens with two attached hydrogens (primary N) is 1. The van der Waals surface area contributed by atoms with E-state index in [-0.39, 0.29) is 17.2 Å². The Morgan fingerprint density at radius 3 is 2.50 bits per heavy atom. The highest BCUT2D eigenvalue weighted by molar-refractivity contribution is 5.96. The van der Waals surface area contributed by atoms with Gasteiger partial charge in [-0.25, -0.2) is 9.18 Å². The summed E-state index contributed by atoms with van der Waals surface area (Å²) in [5, 5.41) is 0. The third kappa shape index (κ3) is 3.69. The summed E-state index contributed by atoms with van der Waals surface area (Å²) in [5.74, 6) is -1.69. The SMILES string of the molecule is CCN(CC)C(=O)C(C)OC(=O)c1cc(F)ccc1N. The van der Waals surface area contributed by atoms with Gasteiger partial charge in [-0.2, -0.15) is 0 Å². The average Bonchev–Trinajstić information content (AvgIpc) is 2.42. The van der Waals surface area contributed by atoms with E-state index in [9.17, 15) is 14.0 Å². The molecule has 0 fully saturated rings. The summed E-state index contributed by atoms with van der Waals surface area (Å²) in [6.45, 7) is 6.20. The predicted molar refractivity (Wildman–Crippen MR) is 73.6 cm³/mol. The maximum Gasteiger partial charge on any atom is 0.341 e. The van der Waals surface area contributed by atoms with Gasteiger partial charge in [-0.3, -0.25) is 4.79 Å². The van der Waals surface area contributed by atoms with Gasteiger partial charge in [0.05, 0.1) is 5.56 Å². The smallest absolute Gasteiger partial charge is 0.341 e. The zero-order chi connectivity index (χ0) is 15.3. The topological polar surface area (TPSA) is 72.6 Å². The van der Waals surface area contributed by atoms with Crippen LogP contribution in [0.4, 0.5) is 10.1 Å². The van der Waals surface area contributed by atoms with E-state index in [1.54, 1.807) is 4.90 Å². The zero-order valence-electron chi connectivity index (χ0n) is 11.9. The molecule has 0 radical (unpaired) electrons. The Balaban J connectivity index is 2.80. The van der Waals surface area contributed by atoms with Gasteiger partial charge in [0.25, 0.3) is 5.91 Å². The van der Waals surface area contributed by atoms with Gasteiger partial charge in [0.1, 0.15) is 5.82 Å². The summed E-state index contributed by atoms with van der Waals surface area (Å²) in [6.07, 6.45) is -0.940. The van der Waals surface area contributed by atoms with Gasteiger partial charge in [-0.05, 0) is 39.0 Å². The van der Waals surface area contributed by atoms with E-state index < -0.39 is 17.9 Å². The summed E-state index contributed by atoms with van der Waals surface area (Å²) in [7, 11) is 0. The second kappa shape index (κ2) is 6.88. The Kier molecular flexibility index (Phi) is 5.49. The van der Waals surface area contributed by atoms with Gasteiger partial charge in [0, 0.05) is 18.8 Å². The van der Waals surface area contributed by atoms with Gasteiger partial charge in [-0.1, -0.05) is 0 Å². The molecule has 0 aliphatic rings. The van der Waals surface area contributed by atoms with Crippen LogP contribution in [0.2, 0.25) is 0 Å². The molecular weight excluding hydrogens is 263 g/mol. The number of amides is 1. The number of carbonyl (C=O) groups excluding carboxylic acids is 2. The first-order valence-electron chi connectivity index (χ1n) is 6.45. The van der Waals surface area contributed by atoms with Crippen molar-refractivity contribution in [1.82, 2.24) is 4.90 Å². The number of rotatable bonds is 5. The highest BCUT2D eigenvalue weighted by Crippen LogP contribution is 2.15. The third-order valence-corrected chi connectivity index (χ3v) is 2.94. The number of nitrogens with zero attached hydrogens (tertiary/aromatic N) is 1. The molecule has 0 aliphatic heterocycles. The predicted octanol–water partition coefficient (Wildman–Crippen LogP) is 1.82. The second-order valence-electron chi connectivity index (χ2n) is 4.29. The van der Waals surface area contributed by atoms with Crippen molar-refractivity contribution in [2.24, 2.45) is 0 Å². The Hall–Kier alpha value is -2.11. The average molecular weight is 282 g/mol. The molecular formula is C14H19FN2O3. The van der Waals surface area contributed by atoms with Crippen LogP contribution in [0.1, 0.15) is 31.1 Å². The molecule has 1 aromatic carbocycles. The zero-order valence-corrected chi connectivity index (χ0v) is 11.9. The van der Waals surface area contributed by atoms with Crippen LogP contribution in [0.15, 0.2) is 18.2 Å². The number of carbonyl (C=O) groups is 2. The van der Waals surface area contributed by atoms with Crippen molar-refractivity contribution in [1.29, 1.82) is 0 Å². The molecule has 6 heteroatoms. The lowest BCUT2D eigenvalue weighted by atomic mass is 10.2. The number of esters is 1. The van der Waals surface area contributed by atoms with Crippen LogP contribution < -0.4 is 5.73 Å². The Bertz CT molecular complexity index is 501. The Morgan fingerprint density at radius 2 is 1.95 bits per heavy atom. The van der Waals surface area contributed by atoms with E-state index in [0.29, 0.717) is 13.1 Å². The number of benzene rings is 1. The van der Waals surface area contributed by atoms with Gasteiger partial charge in [0.15, 0.2) is 6.10 Å². The number of hydrogen-bond donors (Lipinski definition) is 1. The van der Waals surface area contributed by atoms with Crippen molar-refractivity contribution in [3.05, 3.63) is 29.6 Å². The van der Waals surface area contributed by atoms with Crippen LogP contribution in [0.5, 0.6) is 0 Å². The fourth-order valence-electron chi connectivity index (χ4n) is 1.77. The molecule has 0 bridgehead atoms. The fourth-order valence-corrected chi connectivity index (χ4v) is 1.77. The number of likely N-dealkylation sites (N-methyl/N-ethyl adjacent to an activating group) is 1. The summed E-state index contributed by atoms with van der Waals surface area (Å²) in [6, 6.07) is 3.42. The van der Waals surface area contributed by atoms with Crippen LogP contribution in [-0.2, 0) is 9.53 Å². The molecule has 110 valence electrons. The second-order valence-corrected chi connectivity index (χ2v) is 4.29. The van der Waals surface area contributed by atoms with Crippen molar-refractivity contribution in [2.45, 2.75) is 26.9 Å². The van der Waals surface area contributed by atoms with Crippen LogP contribution >= 0.6 is 0 Å². The first kappa shape index (κ1) is 15.9. The molecule has 1 atom stereocenters. The Morgan fingerprint density at radius 1 is 1.35 bits per heavy atom. The van der Waals surface area contributed by atoms with Crippen molar-refractivity contribution >= 4 is 17.6 Å². The maximum absolute atomic E-state index is 13.1. The first-order valence-corrected chi connectivity index (χ1v) is 6.45. The largest absolute Gasteiger partial charge is 0.449 e. The minimum atomic E-state index is -0.940. The maximum atomic E-state index is 13.1. The fraction of sp³-hybridized carbons (Fsp3) is 0.429. The third-order valence-electron chi connectivity index (χ3n) is 2.94. The van der Waals surface area contributed by atoms with E-state index in [1.165, 1.54) is 13.0 Å². The molecule has 20 heavy (non-hydrogen) atoms. The van der Waals surface area contributed by atoms with Crippen LogP contribution in [0.25, 0.3) is 0 Å². The molecule has 1 unspecified atom stereocenters. The van der Waals surface area contributed by atoms with Gasteiger partial charge in [-0.15, -0.1) is 0 Å². The molecule has 0 saturated carbocycles. The van der Waals surface area contributed by atoms with E-state index >= 15 is 0 Å². The van der Waals surface area contributed by atoms with Crippen molar-refractivity contribution < 1.29 is 18.7 Å². The number of nitrogen functional groups attached to an aromatic ring is 1. The number of ether oxygens (including phenoxy) is 1. The molecule has 1 amide bonds. The van der Waals surface area contributed by atoms with Crippen molar-refractivity contribution in [2.75, 3.05) is 18.8 Å². The van der Waals surface area contributed by atoms with E-state index in [2.05, 4.69) is 0 Å².